The van der Waals surface area contributed by atoms with E-state index in [0.29, 0.717) is 6.54 Å². The molecule has 0 spiro atoms. The summed E-state index contributed by atoms with van der Waals surface area (Å²) in [6, 6.07) is 0.0530. The zero-order valence-corrected chi connectivity index (χ0v) is 13.9. The molecule has 1 saturated heterocycles. The van der Waals surface area contributed by atoms with Gasteiger partial charge < -0.3 is 0 Å². The number of sulfone groups is 1. The molecular formula is C12H22ClNO4S2. The van der Waals surface area contributed by atoms with Crippen molar-refractivity contribution in [1.82, 2.24) is 4.31 Å². The van der Waals surface area contributed by atoms with E-state index in [2.05, 4.69) is 0 Å². The second-order valence-electron chi connectivity index (χ2n) is 5.63. The SMILES string of the molecule is O=S1(=O)CCC(S(=O)(=O)N(CCCl)C2CCCC2)CC1. The first-order valence-electron chi connectivity index (χ1n) is 7.14. The third-order valence-electron chi connectivity index (χ3n) is 4.29. The second-order valence-corrected chi connectivity index (χ2v) is 10.5. The van der Waals surface area contributed by atoms with Crippen molar-refractivity contribution < 1.29 is 16.8 Å². The van der Waals surface area contributed by atoms with Crippen LogP contribution in [0.5, 0.6) is 0 Å². The monoisotopic (exact) mass is 343 g/mol. The lowest BCUT2D eigenvalue weighted by Crippen LogP contribution is -2.47. The van der Waals surface area contributed by atoms with E-state index in [1.54, 1.807) is 4.31 Å². The van der Waals surface area contributed by atoms with Crippen LogP contribution >= 0.6 is 11.6 Å². The molecule has 0 aromatic rings. The molecule has 1 aliphatic carbocycles. The van der Waals surface area contributed by atoms with E-state index in [0.717, 1.165) is 25.7 Å². The Hall–Kier alpha value is 0.150. The maximum absolute atomic E-state index is 12.7. The highest BCUT2D eigenvalue weighted by atomic mass is 35.5. The average Bonchev–Trinajstić information content (AvgIpc) is 2.88. The molecule has 0 bridgehead atoms. The summed E-state index contributed by atoms with van der Waals surface area (Å²) in [7, 11) is -6.48. The average molecular weight is 344 g/mol. The number of hydrogen-bond acceptors (Lipinski definition) is 4. The van der Waals surface area contributed by atoms with Gasteiger partial charge in [0, 0.05) is 18.5 Å². The molecular weight excluding hydrogens is 322 g/mol. The normalized spacial score (nSPS) is 25.3. The first-order valence-corrected chi connectivity index (χ1v) is 11.0. The Morgan fingerprint density at radius 2 is 1.60 bits per heavy atom. The summed E-state index contributed by atoms with van der Waals surface area (Å²) in [5, 5.41) is -0.560. The van der Waals surface area contributed by atoms with E-state index in [1.807, 2.05) is 0 Å². The first kappa shape index (κ1) is 16.5. The number of halogens is 1. The summed E-state index contributed by atoms with van der Waals surface area (Å²) < 4.78 is 49.9. The molecule has 1 heterocycles. The van der Waals surface area contributed by atoms with Crippen molar-refractivity contribution in [2.24, 2.45) is 0 Å². The fourth-order valence-electron chi connectivity index (χ4n) is 3.15. The second kappa shape index (κ2) is 6.50. The van der Waals surface area contributed by atoms with E-state index in [1.165, 1.54) is 0 Å². The van der Waals surface area contributed by atoms with Gasteiger partial charge in [0.15, 0.2) is 0 Å². The van der Waals surface area contributed by atoms with E-state index in [4.69, 9.17) is 11.6 Å². The van der Waals surface area contributed by atoms with Crippen LogP contribution < -0.4 is 0 Å². The predicted molar refractivity (Wildman–Crippen MR) is 80.3 cm³/mol. The van der Waals surface area contributed by atoms with Gasteiger partial charge in [0.05, 0.1) is 16.8 Å². The van der Waals surface area contributed by atoms with Gasteiger partial charge in [0.1, 0.15) is 9.84 Å². The lowest BCUT2D eigenvalue weighted by Gasteiger charge is -2.33. The minimum atomic E-state index is -3.44. The topological polar surface area (TPSA) is 71.5 Å². The first-order chi connectivity index (χ1) is 9.37. The fraction of sp³-hybridized carbons (Fsp3) is 1.00. The van der Waals surface area contributed by atoms with Crippen LogP contribution in [0.3, 0.4) is 0 Å². The Morgan fingerprint density at radius 3 is 2.10 bits per heavy atom. The lowest BCUT2D eigenvalue weighted by molar-refractivity contribution is 0.330. The molecule has 8 heteroatoms. The quantitative estimate of drug-likeness (QED) is 0.707. The van der Waals surface area contributed by atoms with Gasteiger partial charge in [0.2, 0.25) is 10.0 Å². The van der Waals surface area contributed by atoms with Crippen LogP contribution in [-0.2, 0) is 19.9 Å². The highest BCUT2D eigenvalue weighted by Gasteiger charge is 2.39. The summed E-state index contributed by atoms with van der Waals surface area (Å²) >= 11 is 5.76. The molecule has 118 valence electrons. The predicted octanol–water partition coefficient (Wildman–Crippen LogP) is 1.38. The Kier molecular flexibility index (Phi) is 5.37. The Balaban J connectivity index is 2.13. The molecule has 0 unspecified atom stereocenters. The molecule has 2 fully saturated rings. The molecule has 1 saturated carbocycles. The van der Waals surface area contributed by atoms with Crippen LogP contribution in [-0.4, -0.2) is 56.4 Å². The third kappa shape index (κ3) is 3.67. The van der Waals surface area contributed by atoms with Crippen LogP contribution in [0.2, 0.25) is 0 Å². The molecule has 2 aliphatic rings. The number of nitrogens with zero attached hydrogens (tertiary/aromatic N) is 1. The van der Waals surface area contributed by atoms with Crippen molar-refractivity contribution in [3.63, 3.8) is 0 Å². The van der Waals surface area contributed by atoms with Gasteiger partial charge in [-0.05, 0) is 25.7 Å². The summed E-state index contributed by atoms with van der Waals surface area (Å²) in [6.07, 6.45) is 4.32. The van der Waals surface area contributed by atoms with Gasteiger partial charge in [-0.1, -0.05) is 12.8 Å². The molecule has 0 radical (unpaired) electrons. The molecule has 0 aromatic carbocycles. The van der Waals surface area contributed by atoms with Crippen LogP contribution in [0.4, 0.5) is 0 Å². The van der Waals surface area contributed by atoms with Gasteiger partial charge in [-0.2, -0.15) is 4.31 Å². The van der Waals surface area contributed by atoms with Gasteiger partial charge in [0.25, 0.3) is 0 Å². The third-order valence-corrected chi connectivity index (χ3v) is 8.62. The Bertz CT molecular complexity index is 512. The van der Waals surface area contributed by atoms with Crippen LogP contribution in [0.15, 0.2) is 0 Å². The maximum atomic E-state index is 12.7. The van der Waals surface area contributed by atoms with E-state index in [9.17, 15) is 16.8 Å². The zero-order chi connectivity index (χ0) is 14.8. The lowest BCUT2D eigenvalue weighted by atomic mass is 10.2. The van der Waals surface area contributed by atoms with Gasteiger partial charge >= 0.3 is 0 Å². The van der Waals surface area contributed by atoms with Crippen LogP contribution in [0, 0.1) is 0 Å². The molecule has 20 heavy (non-hydrogen) atoms. The van der Waals surface area contributed by atoms with Gasteiger partial charge in [-0.25, -0.2) is 16.8 Å². The van der Waals surface area contributed by atoms with Crippen molar-refractivity contribution in [3.05, 3.63) is 0 Å². The highest BCUT2D eigenvalue weighted by Crippen LogP contribution is 2.30. The molecule has 0 amide bonds. The van der Waals surface area contributed by atoms with Crippen molar-refractivity contribution >= 4 is 31.5 Å². The minimum Gasteiger partial charge on any atom is -0.229 e. The molecule has 0 N–H and O–H groups in total. The number of alkyl halides is 1. The van der Waals surface area contributed by atoms with Crippen LogP contribution in [0.1, 0.15) is 38.5 Å². The summed E-state index contributed by atoms with van der Waals surface area (Å²) in [6.45, 7) is 0.331. The molecule has 2 rings (SSSR count). The van der Waals surface area contributed by atoms with Gasteiger partial charge in [-0.3, -0.25) is 0 Å². The molecule has 0 aromatic heterocycles. The molecule has 1 aliphatic heterocycles. The van der Waals surface area contributed by atoms with Crippen molar-refractivity contribution in [2.45, 2.75) is 49.8 Å². The van der Waals surface area contributed by atoms with Crippen molar-refractivity contribution in [2.75, 3.05) is 23.9 Å². The number of rotatable bonds is 5. The van der Waals surface area contributed by atoms with E-state index >= 15 is 0 Å². The summed E-state index contributed by atoms with van der Waals surface area (Å²) in [4.78, 5) is 0. The van der Waals surface area contributed by atoms with E-state index in [-0.39, 0.29) is 36.3 Å². The molecule has 5 nitrogen and oxygen atoms in total. The largest absolute Gasteiger partial charge is 0.229 e. The Morgan fingerprint density at radius 1 is 1.05 bits per heavy atom. The molecule has 0 atom stereocenters. The highest BCUT2D eigenvalue weighted by molar-refractivity contribution is 7.92. The smallest absolute Gasteiger partial charge is 0.217 e. The number of hydrogen-bond donors (Lipinski definition) is 0. The maximum Gasteiger partial charge on any atom is 0.217 e. The summed E-state index contributed by atoms with van der Waals surface area (Å²) in [5.41, 5.74) is 0. The number of sulfonamides is 1. The van der Waals surface area contributed by atoms with Crippen LogP contribution in [0.25, 0.3) is 0 Å². The summed E-state index contributed by atoms with van der Waals surface area (Å²) in [5.74, 6) is 0.243. The van der Waals surface area contributed by atoms with E-state index < -0.39 is 25.1 Å². The standard InChI is InChI=1S/C12H22ClNO4S2/c13-7-8-14(11-3-1-2-4-11)20(17,18)12-5-9-19(15,16)10-6-12/h11-12H,1-10H2. The van der Waals surface area contributed by atoms with Gasteiger partial charge in [-0.15, -0.1) is 11.6 Å². The minimum absolute atomic E-state index is 0.0176. The van der Waals surface area contributed by atoms with Crippen molar-refractivity contribution in [1.29, 1.82) is 0 Å². The zero-order valence-electron chi connectivity index (χ0n) is 11.5. The van der Waals surface area contributed by atoms with Crippen molar-refractivity contribution in [3.8, 4) is 0 Å². The fourth-order valence-corrected chi connectivity index (χ4v) is 7.41. The Labute approximate surface area is 126 Å².